The molecular weight excluding hydrogens is 384 g/mol. The van der Waals surface area contributed by atoms with Crippen LogP contribution in [-0.4, -0.2) is 24.8 Å². The molecule has 1 aliphatic heterocycles. The summed E-state index contributed by atoms with van der Waals surface area (Å²) in [7, 11) is 1.59. The van der Waals surface area contributed by atoms with E-state index >= 15 is 0 Å². The molecule has 0 aromatic heterocycles. The second-order valence-electron chi connectivity index (χ2n) is 5.76. The summed E-state index contributed by atoms with van der Waals surface area (Å²) in [6.07, 6.45) is 1.80. The number of aliphatic imine (C=N–C) groups is 1. The molecule has 2 aromatic rings. The highest BCUT2D eigenvalue weighted by molar-refractivity contribution is 8.18. The first-order valence-corrected chi connectivity index (χ1v) is 9.56. The Bertz CT molecular complexity index is 941. The van der Waals surface area contributed by atoms with Crippen molar-refractivity contribution in [3.8, 4) is 11.5 Å². The number of ether oxygens (including phenoxy) is 2. The third kappa shape index (κ3) is 4.64. The summed E-state index contributed by atoms with van der Waals surface area (Å²) in [6, 6.07) is 11.0. The number of carbonyl (C=O) groups excluding carboxylic acids is 1. The van der Waals surface area contributed by atoms with Gasteiger partial charge < -0.3 is 14.8 Å². The fraction of sp³-hybridized carbons (Fsp3) is 0.200. The number of carbonyl (C=O) groups is 1. The lowest BCUT2D eigenvalue weighted by atomic mass is 10.2. The summed E-state index contributed by atoms with van der Waals surface area (Å²) in [5.41, 5.74) is 2.56. The number of hydrogen-bond acceptors (Lipinski definition) is 5. The Hall–Kier alpha value is -2.44. The maximum absolute atomic E-state index is 12.3. The SMILES string of the molecule is CCOc1ccc(/C=C2\SC(=Nc3ccc(Cl)cc3C)NC2=O)cc1OC. The first-order valence-electron chi connectivity index (χ1n) is 8.36. The number of aryl methyl sites for hydroxylation is 1. The average Bonchev–Trinajstić information content (AvgIpc) is 2.98. The number of nitrogens with zero attached hydrogens (tertiary/aromatic N) is 1. The lowest BCUT2D eigenvalue weighted by Crippen LogP contribution is -2.19. The molecule has 0 spiro atoms. The Balaban J connectivity index is 1.84. The molecule has 5 nitrogen and oxygen atoms in total. The first kappa shape index (κ1) is 19.3. The summed E-state index contributed by atoms with van der Waals surface area (Å²) in [4.78, 5) is 17.4. The zero-order valence-electron chi connectivity index (χ0n) is 15.2. The Morgan fingerprint density at radius 3 is 2.74 bits per heavy atom. The van der Waals surface area contributed by atoms with Crippen molar-refractivity contribution in [3.05, 3.63) is 57.5 Å². The molecule has 27 heavy (non-hydrogen) atoms. The summed E-state index contributed by atoms with van der Waals surface area (Å²) in [6.45, 7) is 4.40. The van der Waals surface area contributed by atoms with Gasteiger partial charge in [-0.15, -0.1) is 0 Å². The van der Waals surface area contributed by atoms with Gasteiger partial charge in [-0.3, -0.25) is 4.79 Å². The molecule has 1 heterocycles. The molecular formula is C20H19ClN2O3S. The van der Waals surface area contributed by atoms with Gasteiger partial charge in [0.25, 0.3) is 5.91 Å². The minimum atomic E-state index is -0.182. The van der Waals surface area contributed by atoms with Crippen LogP contribution in [0.25, 0.3) is 6.08 Å². The summed E-state index contributed by atoms with van der Waals surface area (Å²) < 4.78 is 10.9. The molecule has 7 heteroatoms. The van der Waals surface area contributed by atoms with E-state index in [-0.39, 0.29) is 5.91 Å². The van der Waals surface area contributed by atoms with Crippen molar-refractivity contribution in [2.75, 3.05) is 13.7 Å². The average molecular weight is 403 g/mol. The lowest BCUT2D eigenvalue weighted by molar-refractivity contribution is -0.115. The third-order valence-corrected chi connectivity index (χ3v) is 4.96. The van der Waals surface area contributed by atoms with Gasteiger partial charge in [-0.25, -0.2) is 4.99 Å². The monoisotopic (exact) mass is 402 g/mol. The maximum atomic E-state index is 12.3. The van der Waals surface area contributed by atoms with E-state index in [0.717, 1.165) is 16.8 Å². The number of thioether (sulfide) groups is 1. The van der Waals surface area contributed by atoms with Crippen molar-refractivity contribution in [2.24, 2.45) is 4.99 Å². The van der Waals surface area contributed by atoms with E-state index in [2.05, 4.69) is 10.3 Å². The minimum absolute atomic E-state index is 0.182. The second-order valence-corrected chi connectivity index (χ2v) is 7.22. The Morgan fingerprint density at radius 2 is 2.04 bits per heavy atom. The summed E-state index contributed by atoms with van der Waals surface area (Å²) in [5.74, 6) is 1.12. The third-order valence-electron chi connectivity index (χ3n) is 3.82. The van der Waals surface area contributed by atoms with Crippen LogP contribution in [-0.2, 0) is 4.79 Å². The van der Waals surface area contributed by atoms with Gasteiger partial charge in [0.1, 0.15) is 0 Å². The van der Waals surface area contributed by atoms with Crippen LogP contribution in [0.5, 0.6) is 11.5 Å². The highest BCUT2D eigenvalue weighted by atomic mass is 35.5. The zero-order chi connectivity index (χ0) is 19.4. The van der Waals surface area contributed by atoms with Gasteiger partial charge >= 0.3 is 0 Å². The van der Waals surface area contributed by atoms with Gasteiger partial charge in [-0.1, -0.05) is 17.7 Å². The quantitative estimate of drug-likeness (QED) is 0.719. The van der Waals surface area contributed by atoms with Gasteiger partial charge in [0.2, 0.25) is 0 Å². The molecule has 1 fully saturated rings. The molecule has 0 saturated carbocycles. The van der Waals surface area contributed by atoms with E-state index in [1.807, 2.05) is 44.2 Å². The highest BCUT2D eigenvalue weighted by Gasteiger charge is 2.24. The van der Waals surface area contributed by atoms with E-state index in [4.69, 9.17) is 21.1 Å². The van der Waals surface area contributed by atoms with Crippen LogP contribution in [0.1, 0.15) is 18.1 Å². The molecule has 3 rings (SSSR count). The molecule has 1 N–H and O–H groups in total. The smallest absolute Gasteiger partial charge is 0.264 e. The van der Waals surface area contributed by atoms with Crippen molar-refractivity contribution >= 4 is 46.2 Å². The van der Waals surface area contributed by atoms with Crippen molar-refractivity contribution < 1.29 is 14.3 Å². The molecule has 1 saturated heterocycles. The molecule has 0 radical (unpaired) electrons. The van der Waals surface area contributed by atoms with E-state index < -0.39 is 0 Å². The molecule has 1 amide bonds. The van der Waals surface area contributed by atoms with E-state index in [1.165, 1.54) is 11.8 Å². The van der Waals surface area contributed by atoms with Crippen molar-refractivity contribution in [2.45, 2.75) is 13.8 Å². The predicted octanol–water partition coefficient (Wildman–Crippen LogP) is 4.95. The van der Waals surface area contributed by atoms with E-state index in [9.17, 15) is 4.79 Å². The number of amidine groups is 1. The number of nitrogens with one attached hydrogen (secondary N) is 1. The topological polar surface area (TPSA) is 59.9 Å². The minimum Gasteiger partial charge on any atom is -0.493 e. The number of hydrogen-bond donors (Lipinski definition) is 1. The van der Waals surface area contributed by atoms with Gasteiger partial charge in [0.05, 0.1) is 24.3 Å². The Labute approximate surface area is 167 Å². The zero-order valence-corrected chi connectivity index (χ0v) is 16.8. The predicted molar refractivity (Wildman–Crippen MR) is 111 cm³/mol. The number of halogens is 1. The Kier molecular flexibility index (Phi) is 6.08. The number of rotatable bonds is 5. The van der Waals surface area contributed by atoms with Gasteiger partial charge in [-0.2, -0.15) is 0 Å². The highest BCUT2D eigenvalue weighted by Crippen LogP contribution is 2.33. The largest absolute Gasteiger partial charge is 0.493 e. The number of benzene rings is 2. The normalized spacial score (nSPS) is 16.7. The summed E-state index contributed by atoms with van der Waals surface area (Å²) in [5, 5.41) is 3.99. The van der Waals surface area contributed by atoms with Crippen molar-refractivity contribution in [3.63, 3.8) is 0 Å². The van der Waals surface area contributed by atoms with Gasteiger partial charge in [0, 0.05) is 5.02 Å². The standard InChI is InChI=1S/C20H19ClN2O3S/c1-4-26-16-8-5-13(10-17(16)25-3)11-18-19(24)23-20(27-18)22-15-7-6-14(21)9-12(15)2/h5-11H,4H2,1-3H3,(H,22,23,24)/b18-11-. The maximum Gasteiger partial charge on any atom is 0.264 e. The van der Waals surface area contributed by atoms with Crippen LogP contribution in [0.15, 0.2) is 46.3 Å². The molecule has 0 bridgehead atoms. The molecule has 0 aliphatic carbocycles. The van der Waals surface area contributed by atoms with Gasteiger partial charge in [-0.05, 0) is 73.1 Å². The number of methoxy groups -OCH3 is 1. The second kappa shape index (κ2) is 8.50. The molecule has 0 unspecified atom stereocenters. The van der Waals surface area contributed by atoms with Crippen molar-refractivity contribution in [1.82, 2.24) is 5.32 Å². The van der Waals surface area contributed by atoms with Crippen LogP contribution in [0.3, 0.4) is 0 Å². The van der Waals surface area contributed by atoms with Crippen LogP contribution >= 0.6 is 23.4 Å². The van der Waals surface area contributed by atoms with E-state index in [0.29, 0.717) is 33.2 Å². The van der Waals surface area contributed by atoms with E-state index in [1.54, 1.807) is 19.3 Å². The molecule has 2 aromatic carbocycles. The number of amides is 1. The van der Waals surface area contributed by atoms with Crippen LogP contribution < -0.4 is 14.8 Å². The van der Waals surface area contributed by atoms with Crippen LogP contribution in [0, 0.1) is 6.92 Å². The van der Waals surface area contributed by atoms with Crippen molar-refractivity contribution in [1.29, 1.82) is 0 Å². The molecule has 0 atom stereocenters. The van der Waals surface area contributed by atoms with Gasteiger partial charge in [0.15, 0.2) is 16.7 Å². The molecule has 1 aliphatic rings. The fourth-order valence-electron chi connectivity index (χ4n) is 2.53. The fourth-order valence-corrected chi connectivity index (χ4v) is 3.60. The summed E-state index contributed by atoms with van der Waals surface area (Å²) >= 11 is 7.27. The van der Waals surface area contributed by atoms with Crippen LogP contribution in [0.2, 0.25) is 5.02 Å². The first-order chi connectivity index (χ1) is 13.0. The van der Waals surface area contributed by atoms with Crippen LogP contribution in [0.4, 0.5) is 5.69 Å². The molecule has 140 valence electrons. The Morgan fingerprint density at radius 1 is 1.22 bits per heavy atom. The lowest BCUT2D eigenvalue weighted by Gasteiger charge is -2.09.